The van der Waals surface area contributed by atoms with Gasteiger partial charge >= 0.3 is 12.1 Å². The van der Waals surface area contributed by atoms with Crippen molar-refractivity contribution in [1.82, 2.24) is 5.32 Å². The molecule has 7 heteroatoms. The van der Waals surface area contributed by atoms with Crippen LogP contribution in [0, 0.1) is 23.2 Å². The molecule has 3 fully saturated rings. The Balaban J connectivity index is 1.71. The number of amides is 1. The standard InChI is InChI=1S/C25H41NO6/c1-8-16(4)19(22(27)30-7)26-23(28)32-18-11-12-25(14-31-25)21(20(18)29-6)24(5)13-17(24)10-9-15(2)3/h9,16-21H,8,10-14H2,1-7H3,(H,26,28)/t16?,17-,18+,19+,20+,21+,24-,25-/m0/s1. The van der Waals surface area contributed by atoms with Crippen molar-refractivity contribution in [3.63, 3.8) is 0 Å². The van der Waals surface area contributed by atoms with Crippen molar-refractivity contribution < 1.29 is 28.5 Å². The third kappa shape index (κ3) is 4.98. The molecule has 32 heavy (non-hydrogen) atoms. The van der Waals surface area contributed by atoms with E-state index in [2.05, 4.69) is 32.2 Å². The van der Waals surface area contributed by atoms with Crippen LogP contribution in [0.5, 0.6) is 0 Å². The minimum absolute atomic E-state index is 0.0586. The molecule has 0 bridgehead atoms. The van der Waals surface area contributed by atoms with Crippen molar-refractivity contribution in [2.24, 2.45) is 23.2 Å². The summed E-state index contributed by atoms with van der Waals surface area (Å²) >= 11 is 0. The third-order valence-corrected chi connectivity index (χ3v) is 8.08. The van der Waals surface area contributed by atoms with Crippen LogP contribution in [0.1, 0.15) is 66.7 Å². The van der Waals surface area contributed by atoms with Gasteiger partial charge in [-0.2, -0.15) is 0 Å². The van der Waals surface area contributed by atoms with E-state index < -0.39 is 18.1 Å². The maximum absolute atomic E-state index is 12.8. The van der Waals surface area contributed by atoms with E-state index in [-0.39, 0.29) is 35.1 Å². The SMILES string of the molecule is CCC(C)[C@@H](NC(=O)O[C@@H]1CC[C@]2(CO2)[C@@H]([C@@]2(C)C[C@@H]2CC=C(C)C)[C@@H]1OC)C(=O)OC. The molecule has 1 spiro atoms. The average Bonchev–Trinajstić information content (AvgIpc) is 3.67. The number of alkyl carbamates (subject to hydrolysis) is 1. The molecule has 8 atom stereocenters. The van der Waals surface area contributed by atoms with Gasteiger partial charge in [-0.05, 0) is 56.8 Å². The summed E-state index contributed by atoms with van der Waals surface area (Å²) in [6, 6.07) is -0.731. The van der Waals surface area contributed by atoms with Gasteiger partial charge in [0.15, 0.2) is 0 Å². The fraction of sp³-hybridized carbons (Fsp3) is 0.840. The second-order valence-corrected chi connectivity index (χ2v) is 10.5. The normalized spacial score (nSPS) is 37.2. The zero-order valence-corrected chi connectivity index (χ0v) is 20.7. The van der Waals surface area contributed by atoms with E-state index in [4.69, 9.17) is 18.9 Å². The number of esters is 1. The highest BCUT2D eigenvalue weighted by atomic mass is 16.6. The molecule has 182 valence electrons. The summed E-state index contributed by atoms with van der Waals surface area (Å²) in [5.41, 5.74) is 1.28. The van der Waals surface area contributed by atoms with Crippen LogP contribution in [0.3, 0.4) is 0 Å². The van der Waals surface area contributed by atoms with Crippen LogP contribution in [0.15, 0.2) is 11.6 Å². The first-order valence-electron chi connectivity index (χ1n) is 12.0. The van der Waals surface area contributed by atoms with Gasteiger partial charge < -0.3 is 24.3 Å². The van der Waals surface area contributed by atoms with Crippen LogP contribution >= 0.6 is 0 Å². The number of ether oxygens (including phenoxy) is 4. The van der Waals surface area contributed by atoms with Crippen molar-refractivity contribution in [1.29, 1.82) is 0 Å². The van der Waals surface area contributed by atoms with Gasteiger partial charge in [-0.15, -0.1) is 0 Å². The summed E-state index contributed by atoms with van der Waals surface area (Å²) in [6.07, 6.45) is 5.56. The molecule has 0 aromatic carbocycles. The molecular weight excluding hydrogens is 410 g/mol. The van der Waals surface area contributed by atoms with Gasteiger partial charge in [-0.1, -0.05) is 38.8 Å². The quantitative estimate of drug-likeness (QED) is 0.320. The summed E-state index contributed by atoms with van der Waals surface area (Å²) < 4.78 is 22.7. The Kier molecular flexibility index (Phi) is 7.60. The van der Waals surface area contributed by atoms with E-state index >= 15 is 0 Å². The highest BCUT2D eigenvalue weighted by Gasteiger charge is 2.70. The number of carbonyl (C=O) groups is 2. The second kappa shape index (κ2) is 9.72. The maximum atomic E-state index is 12.8. The summed E-state index contributed by atoms with van der Waals surface area (Å²) in [4.78, 5) is 24.9. The zero-order chi connectivity index (χ0) is 23.7. The van der Waals surface area contributed by atoms with Gasteiger partial charge in [0, 0.05) is 13.0 Å². The molecule has 1 heterocycles. The number of hydrogen-bond donors (Lipinski definition) is 1. The molecule has 2 aliphatic carbocycles. The largest absolute Gasteiger partial charge is 0.467 e. The molecule has 0 aromatic rings. The highest BCUT2D eigenvalue weighted by Crippen LogP contribution is 2.68. The topological polar surface area (TPSA) is 86.4 Å². The first-order valence-corrected chi connectivity index (χ1v) is 12.0. The number of carbonyl (C=O) groups excluding carboxylic acids is 2. The Morgan fingerprint density at radius 2 is 1.97 bits per heavy atom. The number of hydrogen-bond acceptors (Lipinski definition) is 6. The molecule has 0 radical (unpaired) electrons. The van der Waals surface area contributed by atoms with Gasteiger partial charge in [-0.3, -0.25) is 0 Å². The van der Waals surface area contributed by atoms with Crippen LogP contribution in [-0.4, -0.2) is 56.7 Å². The van der Waals surface area contributed by atoms with Crippen molar-refractivity contribution in [3.8, 4) is 0 Å². The minimum Gasteiger partial charge on any atom is -0.467 e. The molecular formula is C25H41NO6. The summed E-state index contributed by atoms with van der Waals surface area (Å²) in [6.45, 7) is 11.2. The molecule has 3 rings (SSSR count). The number of rotatable bonds is 9. The second-order valence-electron chi connectivity index (χ2n) is 10.5. The third-order valence-electron chi connectivity index (χ3n) is 8.08. The fourth-order valence-electron chi connectivity index (χ4n) is 5.71. The van der Waals surface area contributed by atoms with Gasteiger partial charge in [0.05, 0.1) is 19.3 Å². The Morgan fingerprint density at radius 1 is 1.28 bits per heavy atom. The highest BCUT2D eigenvalue weighted by molar-refractivity contribution is 5.81. The monoisotopic (exact) mass is 451 g/mol. The Hall–Kier alpha value is -1.60. The smallest absolute Gasteiger partial charge is 0.408 e. The van der Waals surface area contributed by atoms with Crippen LogP contribution in [0.4, 0.5) is 4.79 Å². The molecule has 0 aromatic heterocycles. The first-order chi connectivity index (χ1) is 15.1. The van der Waals surface area contributed by atoms with Crippen molar-refractivity contribution >= 4 is 12.1 Å². The van der Waals surface area contributed by atoms with Crippen LogP contribution in [-0.2, 0) is 23.7 Å². The van der Waals surface area contributed by atoms with E-state index in [1.807, 2.05) is 13.8 Å². The molecule has 1 amide bonds. The fourth-order valence-corrected chi connectivity index (χ4v) is 5.71. The summed E-state index contributed by atoms with van der Waals surface area (Å²) in [7, 11) is 3.02. The lowest BCUT2D eigenvalue weighted by atomic mass is 9.67. The van der Waals surface area contributed by atoms with Gasteiger partial charge in [-0.25, -0.2) is 9.59 Å². The number of nitrogens with one attached hydrogen (secondary N) is 1. The van der Waals surface area contributed by atoms with Crippen LogP contribution < -0.4 is 5.32 Å². The van der Waals surface area contributed by atoms with Crippen molar-refractivity contribution in [2.75, 3.05) is 20.8 Å². The number of allylic oxidation sites excluding steroid dienone is 2. The van der Waals surface area contributed by atoms with Gasteiger partial charge in [0.1, 0.15) is 18.2 Å². The number of methoxy groups -OCH3 is 2. The Labute approximate surface area is 192 Å². The zero-order valence-electron chi connectivity index (χ0n) is 20.7. The number of epoxide rings is 1. The molecule has 2 saturated carbocycles. The van der Waals surface area contributed by atoms with E-state index in [9.17, 15) is 9.59 Å². The van der Waals surface area contributed by atoms with Gasteiger partial charge in [0.2, 0.25) is 0 Å². The van der Waals surface area contributed by atoms with E-state index in [1.54, 1.807) is 7.11 Å². The molecule has 1 unspecified atom stereocenters. The molecule has 1 saturated heterocycles. The lowest BCUT2D eigenvalue weighted by molar-refractivity contribution is -0.145. The predicted octanol–water partition coefficient (Wildman–Crippen LogP) is 4.25. The predicted molar refractivity (Wildman–Crippen MR) is 121 cm³/mol. The Bertz CT molecular complexity index is 728. The van der Waals surface area contributed by atoms with Crippen molar-refractivity contribution in [2.45, 2.75) is 90.6 Å². The van der Waals surface area contributed by atoms with E-state index in [0.717, 1.165) is 32.3 Å². The van der Waals surface area contributed by atoms with Crippen LogP contribution in [0.25, 0.3) is 0 Å². The minimum atomic E-state index is -0.731. The summed E-state index contributed by atoms with van der Waals surface area (Å²) in [5, 5.41) is 2.73. The summed E-state index contributed by atoms with van der Waals surface area (Å²) in [5.74, 6) is 0.242. The molecule has 1 aliphatic heterocycles. The lowest BCUT2D eigenvalue weighted by Crippen LogP contribution is -2.55. The van der Waals surface area contributed by atoms with Crippen molar-refractivity contribution in [3.05, 3.63) is 11.6 Å². The molecule has 1 N–H and O–H groups in total. The molecule has 3 aliphatic rings. The van der Waals surface area contributed by atoms with Crippen LogP contribution in [0.2, 0.25) is 0 Å². The lowest BCUT2D eigenvalue weighted by Gasteiger charge is -2.44. The van der Waals surface area contributed by atoms with E-state index in [0.29, 0.717) is 12.3 Å². The van der Waals surface area contributed by atoms with Gasteiger partial charge in [0.25, 0.3) is 0 Å². The Morgan fingerprint density at radius 3 is 2.50 bits per heavy atom. The molecule has 7 nitrogen and oxygen atoms in total. The van der Waals surface area contributed by atoms with E-state index in [1.165, 1.54) is 12.7 Å². The average molecular weight is 452 g/mol. The first kappa shape index (κ1) is 25.0. The maximum Gasteiger partial charge on any atom is 0.408 e.